The summed E-state index contributed by atoms with van der Waals surface area (Å²) in [7, 11) is 1.91. The molecule has 2 aliphatic rings. The lowest BCUT2D eigenvalue weighted by molar-refractivity contribution is 0.0500. The van der Waals surface area contributed by atoms with E-state index in [1.807, 2.05) is 46.4 Å². The van der Waals surface area contributed by atoms with Gasteiger partial charge in [0.05, 0.1) is 19.3 Å². The first-order chi connectivity index (χ1) is 11.7. The fourth-order valence-electron chi connectivity index (χ4n) is 3.66. The van der Waals surface area contributed by atoms with Gasteiger partial charge in [-0.2, -0.15) is 0 Å². The Morgan fingerprint density at radius 1 is 1.42 bits per heavy atom. The topological polar surface area (TPSA) is 50.6 Å². The number of rotatable bonds is 3. The third-order valence-corrected chi connectivity index (χ3v) is 5.66. The highest BCUT2D eigenvalue weighted by atomic mass is 32.1. The van der Waals surface area contributed by atoms with Crippen LogP contribution in [0.4, 0.5) is 0 Å². The summed E-state index contributed by atoms with van der Waals surface area (Å²) < 4.78 is 7.93. The second kappa shape index (κ2) is 6.66. The molecule has 0 bridgehead atoms. The molecule has 2 aliphatic heterocycles. The fourth-order valence-corrected chi connectivity index (χ4v) is 4.32. The molecule has 0 aromatic carbocycles. The number of hydrogen-bond donors (Lipinski definition) is 0. The van der Waals surface area contributed by atoms with Gasteiger partial charge in [0.25, 0.3) is 5.91 Å². The monoisotopic (exact) mass is 346 g/mol. The lowest BCUT2D eigenvalue weighted by atomic mass is 10.1. The van der Waals surface area contributed by atoms with Gasteiger partial charge < -0.3 is 14.2 Å². The first-order valence-corrected chi connectivity index (χ1v) is 9.21. The average molecular weight is 346 g/mol. The van der Waals surface area contributed by atoms with E-state index in [1.165, 1.54) is 0 Å². The number of hydrogen-bond acceptors (Lipinski definition) is 5. The van der Waals surface area contributed by atoms with Gasteiger partial charge in [-0.05, 0) is 12.1 Å². The van der Waals surface area contributed by atoms with Crippen LogP contribution in [-0.2, 0) is 18.3 Å². The standard InChI is InChI=1S/C17H22N4O2S/c1-19-5-2-3-14(19)17(22)21-6-7-23-15-11-20(9-13(15)10-21)12-16-18-4-8-24-16/h2-5,8,13,15H,6-7,9-12H2,1H3/t13-,15-/m1/s1. The van der Waals surface area contributed by atoms with Gasteiger partial charge in [0, 0.05) is 56.9 Å². The van der Waals surface area contributed by atoms with E-state index in [-0.39, 0.29) is 12.0 Å². The molecule has 0 unspecified atom stereocenters. The van der Waals surface area contributed by atoms with Crippen molar-refractivity contribution in [1.82, 2.24) is 19.4 Å². The molecule has 2 aromatic rings. The van der Waals surface area contributed by atoms with E-state index in [9.17, 15) is 4.79 Å². The molecule has 2 fully saturated rings. The number of nitrogens with zero attached hydrogens (tertiary/aromatic N) is 4. The summed E-state index contributed by atoms with van der Waals surface area (Å²) in [6, 6.07) is 3.80. The maximum absolute atomic E-state index is 12.8. The molecule has 4 rings (SSSR count). The summed E-state index contributed by atoms with van der Waals surface area (Å²) in [6.07, 6.45) is 3.98. The first kappa shape index (κ1) is 15.8. The number of carbonyl (C=O) groups is 1. The van der Waals surface area contributed by atoms with Gasteiger partial charge in [0.15, 0.2) is 0 Å². The normalized spacial score (nSPS) is 24.8. The number of fused-ring (bicyclic) bond motifs is 1. The van der Waals surface area contributed by atoms with Crippen LogP contribution >= 0.6 is 11.3 Å². The smallest absolute Gasteiger partial charge is 0.270 e. The van der Waals surface area contributed by atoms with E-state index < -0.39 is 0 Å². The van der Waals surface area contributed by atoms with Gasteiger partial charge in [-0.25, -0.2) is 4.98 Å². The number of amides is 1. The molecule has 1 amide bonds. The van der Waals surface area contributed by atoms with Crippen molar-refractivity contribution in [3.8, 4) is 0 Å². The number of aromatic nitrogens is 2. The van der Waals surface area contributed by atoms with E-state index >= 15 is 0 Å². The molecule has 2 aromatic heterocycles. The largest absolute Gasteiger partial charge is 0.375 e. The summed E-state index contributed by atoms with van der Waals surface area (Å²) in [6.45, 7) is 4.81. The molecule has 7 heteroatoms. The summed E-state index contributed by atoms with van der Waals surface area (Å²) in [5.74, 6) is 0.474. The molecule has 6 nitrogen and oxygen atoms in total. The van der Waals surface area contributed by atoms with Gasteiger partial charge in [0.2, 0.25) is 0 Å². The van der Waals surface area contributed by atoms with E-state index in [4.69, 9.17) is 4.74 Å². The van der Waals surface area contributed by atoms with Crippen LogP contribution in [0.2, 0.25) is 0 Å². The Kier molecular flexibility index (Phi) is 4.39. The SMILES string of the molecule is Cn1cccc1C(=O)N1CCO[C@@H]2CN(Cc3nccs3)C[C@@H]2C1. The molecule has 2 saturated heterocycles. The highest BCUT2D eigenvalue weighted by Crippen LogP contribution is 2.26. The zero-order chi connectivity index (χ0) is 16.5. The molecule has 0 N–H and O–H groups in total. The highest BCUT2D eigenvalue weighted by molar-refractivity contribution is 7.09. The van der Waals surface area contributed by atoms with Crippen molar-refractivity contribution in [2.24, 2.45) is 13.0 Å². The third kappa shape index (κ3) is 3.11. The van der Waals surface area contributed by atoms with Crippen LogP contribution < -0.4 is 0 Å². The van der Waals surface area contributed by atoms with Crippen molar-refractivity contribution in [2.75, 3.05) is 32.8 Å². The average Bonchev–Trinajstić information content (AvgIpc) is 3.27. The molecular weight excluding hydrogens is 324 g/mol. The molecule has 0 radical (unpaired) electrons. The van der Waals surface area contributed by atoms with Crippen LogP contribution in [0.3, 0.4) is 0 Å². The van der Waals surface area contributed by atoms with Crippen LogP contribution in [0, 0.1) is 5.92 Å². The van der Waals surface area contributed by atoms with Crippen LogP contribution in [0.15, 0.2) is 29.9 Å². The Balaban J connectivity index is 1.43. The second-order valence-electron chi connectivity index (χ2n) is 6.54. The fraction of sp³-hybridized carbons (Fsp3) is 0.529. The maximum Gasteiger partial charge on any atom is 0.270 e. The Hall–Kier alpha value is -1.70. The van der Waals surface area contributed by atoms with Crippen LogP contribution in [-0.4, -0.2) is 64.1 Å². The second-order valence-corrected chi connectivity index (χ2v) is 7.52. The van der Waals surface area contributed by atoms with Gasteiger partial charge >= 0.3 is 0 Å². The predicted molar refractivity (Wildman–Crippen MR) is 91.9 cm³/mol. The minimum Gasteiger partial charge on any atom is -0.375 e. The van der Waals surface area contributed by atoms with Gasteiger partial charge in [-0.15, -0.1) is 11.3 Å². The third-order valence-electron chi connectivity index (χ3n) is 4.90. The summed E-state index contributed by atoms with van der Waals surface area (Å²) in [5.41, 5.74) is 0.742. The number of likely N-dealkylation sites (tertiary alicyclic amines) is 1. The molecular formula is C17H22N4O2S. The van der Waals surface area contributed by atoms with Crippen molar-refractivity contribution < 1.29 is 9.53 Å². The number of carbonyl (C=O) groups excluding carboxylic acids is 1. The molecule has 0 spiro atoms. The van der Waals surface area contributed by atoms with E-state index in [1.54, 1.807) is 11.3 Å². The van der Waals surface area contributed by atoms with Crippen molar-refractivity contribution in [3.05, 3.63) is 40.6 Å². The van der Waals surface area contributed by atoms with Crippen molar-refractivity contribution in [2.45, 2.75) is 12.6 Å². The van der Waals surface area contributed by atoms with Gasteiger partial charge in [-0.1, -0.05) is 0 Å². The van der Waals surface area contributed by atoms with Crippen LogP contribution in [0.25, 0.3) is 0 Å². The van der Waals surface area contributed by atoms with E-state index in [2.05, 4.69) is 9.88 Å². The van der Waals surface area contributed by atoms with Gasteiger partial charge in [0.1, 0.15) is 10.7 Å². The van der Waals surface area contributed by atoms with E-state index in [0.717, 1.165) is 36.9 Å². The molecule has 0 aliphatic carbocycles. The van der Waals surface area contributed by atoms with Crippen molar-refractivity contribution in [3.63, 3.8) is 0 Å². The molecule has 2 atom stereocenters. The minimum absolute atomic E-state index is 0.102. The van der Waals surface area contributed by atoms with Crippen molar-refractivity contribution in [1.29, 1.82) is 0 Å². The Labute approximate surface area is 145 Å². The summed E-state index contributed by atoms with van der Waals surface area (Å²) in [4.78, 5) is 21.5. The molecule has 128 valence electrons. The van der Waals surface area contributed by atoms with Gasteiger partial charge in [-0.3, -0.25) is 9.69 Å². The first-order valence-electron chi connectivity index (χ1n) is 8.33. The maximum atomic E-state index is 12.8. The quantitative estimate of drug-likeness (QED) is 0.844. The van der Waals surface area contributed by atoms with E-state index in [0.29, 0.717) is 19.1 Å². The predicted octanol–water partition coefficient (Wildman–Crippen LogP) is 1.45. The van der Waals surface area contributed by atoms with Crippen molar-refractivity contribution >= 4 is 17.2 Å². The molecule has 4 heterocycles. The minimum atomic E-state index is 0.102. The lowest BCUT2D eigenvalue weighted by Crippen LogP contribution is -2.38. The molecule has 0 saturated carbocycles. The molecule has 24 heavy (non-hydrogen) atoms. The van der Waals surface area contributed by atoms with Crippen LogP contribution in [0.5, 0.6) is 0 Å². The Bertz CT molecular complexity index is 699. The Morgan fingerprint density at radius 2 is 2.33 bits per heavy atom. The highest BCUT2D eigenvalue weighted by Gasteiger charge is 2.38. The number of aryl methyl sites for hydroxylation is 1. The summed E-state index contributed by atoms with van der Waals surface area (Å²) in [5, 5.41) is 3.16. The summed E-state index contributed by atoms with van der Waals surface area (Å²) >= 11 is 1.69. The van der Waals surface area contributed by atoms with Crippen LogP contribution in [0.1, 0.15) is 15.5 Å². The Morgan fingerprint density at radius 3 is 3.08 bits per heavy atom. The zero-order valence-corrected chi connectivity index (χ0v) is 14.6. The number of ether oxygens (including phenoxy) is 1. The number of thiazole rings is 1. The lowest BCUT2D eigenvalue weighted by Gasteiger charge is -2.23. The zero-order valence-electron chi connectivity index (χ0n) is 13.8.